The van der Waals surface area contributed by atoms with Crippen LogP contribution in [0.3, 0.4) is 0 Å². The highest BCUT2D eigenvalue weighted by Gasteiger charge is 2.06. The fraction of sp³-hybridized carbons (Fsp3) is 0.333. The van der Waals surface area contributed by atoms with E-state index in [-0.39, 0.29) is 6.03 Å². The molecule has 0 bridgehead atoms. The molecule has 1 aromatic rings. The molecule has 0 spiro atoms. The zero-order chi connectivity index (χ0) is 13.5. The summed E-state index contributed by atoms with van der Waals surface area (Å²) in [5, 5.41) is 14.5. The van der Waals surface area contributed by atoms with E-state index in [9.17, 15) is 4.79 Å². The predicted octanol–water partition coefficient (Wildman–Crippen LogP) is 1.89. The molecule has 0 aliphatic heterocycles. The summed E-state index contributed by atoms with van der Waals surface area (Å²) in [5.41, 5.74) is 0.876. The maximum atomic E-state index is 11.6. The quantitative estimate of drug-likeness (QED) is 0.875. The maximum Gasteiger partial charge on any atom is 0.319 e. The van der Waals surface area contributed by atoms with Gasteiger partial charge in [0.1, 0.15) is 0 Å². The molecule has 1 rings (SSSR count). The summed E-state index contributed by atoms with van der Waals surface area (Å²) in [6.45, 7) is 1.29. The summed E-state index contributed by atoms with van der Waals surface area (Å²) in [5.74, 6) is 0. The number of urea groups is 1. The van der Waals surface area contributed by atoms with Gasteiger partial charge >= 0.3 is 6.03 Å². The van der Waals surface area contributed by atoms with Crippen molar-refractivity contribution in [1.29, 1.82) is 5.26 Å². The molecular formula is C12H15ClN4O. The van der Waals surface area contributed by atoms with E-state index in [4.69, 9.17) is 16.9 Å². The van der Waals surface area contributed by atoms with Gasteiger partial charge < -0.3 is 15.5 Å². The van der Waals surface area contributed by atoms with Crippen molar-refractivity contribution in [3.63, 3.8) is 0 Å². The van der Waals surface area contributed by atoms with Crippen molar-refractivity contribution < 1.29 is 4.79 Å². The Balaban J connectivity index is 2.56. The molecule has 0 aromatic heterocycles. The van der Waals surface area contributed by atoms with Crippen LogP contribution in [0.5, 0.6) is 0 Å². The Morgan fingerprint density at radius 3 is 2.83 bits per heavy atom. The highest BCUT2D eigenvalue weighted by molar-refractivity contribution is 6.33. The number of nitrogens with zero attached hydrogens (tertiary/aromatic N) is 2. The highest BCUT2D eigenvalue weighted by atomic mass is 35.5. The van der Waals surface area contributed by atoms with Gasteiger partial charge in [0.05, 0.1) is 22.3 Å². The maximum absolute atomic E-state index is 11.6. The van der Waals surface area contributed by atoms with Crippen LogP contribution in [0, 0.1) is 11.3 Å². The number of nitriles is 1. The fourth-order valence-electron chi connectivity index (χ4n) is 1.25. The van der Waals surface area contributed by atoms with Crippen molar-refractivity contribution in [3.8, 4) is 6.07 Å². The molecule has 2 amide bonds. The predicted molar refractivity (Wildman–Crippen MR) is 71.7 cm³/mol. The van der Waals surface area contributed by atoms with E-state index in [1.165, 1.54) is 6.07 Å². The molecule has 0 saturated carbocycles. The van der Waals surface area contributed by atoms with Gasteiger partial charge in [-0.25, -0.2) is 4.79 Å². The van der Waals surface area contributed by atoms with E-state index in [0.717, 1.165) is 6.54 Å². The van der Waals surface area contributed by atoms with E-state index in [1.807, 2.05) is 25.1 Å². The average Bonchev–Trinajstić information content (AvgIpc) is 2.31. The van der Waals surface area contributed by atoms with E-state index < -0.39 is 0 Å². The van der Waals surface area contributed by atoms with Crippen molar-refractivity contribution in [2.45, 2.75) is 0 Å². The number of hydrogen-bond donors (Lipinski definition) is 2. The Bertz CT molecular complexity index is 468. The minimum absolute atomic E-state index is 0.339. The Labute approximate surface area is 111 Å². The number of halogens is 1. The number of carbonyl (C=O) groups is 1. The molecule has 18 heavy (non-hydrogen) atoms. The number of anilines is 1. The first-order valence-electron chi connectivity index (χ1n) is 5.42. The lowest BCUT2D eigenvalue weighted by Gasteiger charge is -2.12. The topological polar surface area (TPSA) is 68.2 Å². The molecule has 0 heterocycles. The van der Waals surface area contributed by atoms with Crippen LogP contribution in [0.2, 0.25) is 5.02 Å². The van der Waals surface area contributed by atoms with E-state index in [0.29, 0.717) is 22.8 Å². The Morgan fingerprint density at radius 1 is 1.50 bits per heavy atom. The average molecular weight is 267 g/mol. The normalized spacial score (nSPS) is 9.94. The van der Waals surface area contributed by atoms with Crippen LogP contribution in [0.25, 0.3) is 0 Å². The fourth-order valence-corrected chi connectivity index (χ4v) is 1.41. The van der Waals surface area contributed by atoms with Crippen LogP contribution in [0.1, 0.15) is 5.56 Å². The second-order valence-corrected chi connectivity index (χ2v) is 4.40. The molecule has 2 N–H and O–H groups in total. The lowest BCUT2D eigenvalue weighted by atomic mass is 10.2. The molecule has 0 aliphatic carbocycles. The monoisotopic (exact) mass is 266 g/mol. The van der Waals surface area contributed by atoms with Crippen molar-refractivity contribution in [1.82, 2.24) is 10.2 Å². The number of likely N-dealkylation sites (N-methyl/N-ethyl adjacent to an activating group) is 1. The minimum atomic E-state index is -0.339. The number of nitrogens with one attached hydrogen (secondary N) is 2. The Morgan fingerprint density at radius 2 is 2.22 bits per heavy atom. The third-order valence-electron chi connectivity index (χ3n) is 2.19. The van der Waals surface area contributed by atoms with Gasteiger partial charge in [-0.05, 0) is 32.3 Å². The van der Waals surface area contributed by atoms with Gasteiger partial charge in [-0.1, -0.05) is 11.6 Å². The number of rotatable bonds is 4. The number of carbonyl (C=O) groups excluding carboxylic acids is 1. The summed E-state index contributed by atoms with van der Waals surface area (Å²) in [7, 11) is 3.85. The standard InChI is InChI=1S/C12H15ClN4O/c1-17(2)6-5-15-12(18)16-11-7-9(8-14)3-4-10(11)13/h3-4,7H,5-6H2,1-2H3,(H2,15,16,18). The van der Waals surface area contributed by atoms with Crippen LogP contribution in [-0.2, 0) is 0 Å². The van der Waals surface area contributed by atoms with Gasteiger partial charge in [0.25, 0.3) is 0 Å². The first-order chi connectivity index (χ1) is 8.52. The van der Waals surface area contributed by atoms with Crippen molar-refractivity contribution in [2.75, 3.05) is 32.5 Å². The second kappa shape index (κ2) is 6.84. The summed E-state index contributed by atoms with van der Waals surface area (Å²) in [6.07, 6.45) is 0. The second-order valence-electron chi connectivity index (χ2n) is 3.99. The summed E-state index contributed by atoms with van der Waals surface area (Å²) in [6, 6.07) is 6.36. The van der Waals surface area contributed by atoms with Gasteiger partial charge in [0, 0.05) is 13.1 Å². The van der Waals surface area contributed by atoms with E-state index in [2.05, 4.69) is 10.6 Å². The van der Waals surface area contributed by atoms with E-state index >= 15 is 0 Å². The third kappa shape index (κ3) is 4.62. The van der Waals surface area contributed by atoms with Crippen LogP contribution in [0.15, 0.2) is 18.2 Å². The zero-order valence-electron chi connectivity index (χ0n) is 10.3. The summed E-state index contributed by atoms with van der Waals surface area (Å²) in [4.78, 5) is 13.5. The minimum Gasteiger partial charge on any atom is -0.337 e. The lowest BCUT2D eigenvalue weighted by molar-refractivity contribution is 0.250. The third-order valence-corrected chi connectivity index (χ3v) is 2.52. The van der Waals surface area contributed by atoms with Crippen LogP contribution >= 0.6 is 11.6 Å². The van der Waals surface area contributed by atoms with Crippen molar-refractivity contribution in [2.24, 2.45) is 0 Å². The molecule has 6 heteroatoms. The first-order valence-corrected chi connectivity index (χ1v) is 5.80. The smallest absolute Gasteiger partial charge is 0.319 e. The zero-order valence-corrected chi connectivity index (χ0v) is 11.1. The van der Waals surface area contributed by atoms with Gasteiger partial charge in [-0.15, -0.1) is 0 Å². The van der Waals surface area contributed by atoms with Gasteiger partial charge in [-0.3, -0.25) is 0 Å². The van der Waals surface area contributed by atoms with Crippen LogP contribution in [-0.4, -0.2) is 38.1 Å². The number of hydrogen-bond acceptors (Lipinski definition) is 3. The van der Waals surface area contributed by atoms with Gasteiger partial charge in [-0.2, -0.15) is 5.26 Å². The first kappa shape index (κ1) is 14.3. The number of benzene rings is 1. The molecule has 0 radical (unpaired) electrons. The lowest BCUT2D eigenvalue weighted by Crippen LogP contribution is -2.34. The number of amides is 2. The molecule has 96 valence electrons. The molecular weight excluding hydrogens is 252 g/mol. The molecule has 0 unspecified atom stereocenters. The van der Waals surface area contributed by atoms with E-state index in [1.54, 1.807) is 12.1 Å². The molecule has 1 aromatic carbocycles. The van der Waals surface area contributed by atoms with Crippen molar-refractivity contribution in [3.05, 3.63) is 28.8 Å². The molecule has 0 atom stereocenters. The Kier molecular flexibility index (Phi) is 5.43. The highest BCUT2D eigenvalue weighted by Crippen LogP contribution is 2.22. The van der Waals surface area contributed by atoms with Gasteiger partial charge in [0.15, 0.2) is 0 Å². The van der Waals surface area contributed by atoms with Crippen LogP contribution < -0.4 is 10.6 Å². The largest absolute Gasteiger partial charge is 0.337 e. The van der Waals surface area contributed by atoms with Gasteiger partial charge in [0.2, 0.25) is 0 Å². The molecule has 0 fully saturated rings. The Hall–Kier alpha value is -1.77. The molecule has 0 aliphatic rings. The summed E-state index contributed by atoms with van der Waals surface area (Å²) < 4.78 is 0. The SMILES string of the molecule is CN(C)CCNC(=O)Nc1cc(C#N)ccc1Cl. The molecule has 0 saturated heterocycles. The molecule has 5 nitrogen and oxygen atoms in total. The summed E-state index contributed by atoms with van der Waals surface area (Å²) >= 11 is 5.92. The van der Waals surface area contributed by atoms with Crippen molar-refractivity contribution >= 4 is 23.3 Å². The van der Waals surface area contributed by atoms with Crippen LogP contribution in [0.4, 0.5) is 10.5 Å².